The lowest BCUT2D eigenvalue weighted by Crippen LogP contribution is -2.23. The van der Waals surface area contributed by atoms with Gasteiger partial charge in [-0.2, -0.15) is 0 Å². The van der Waals surface area contributed by atoms with Gasteiger partial charge in [0.2, 0.25) is 10.0 Å². The fourth-order valence-electron chi connectivity index (χ4n) is 3.67. The summed E-state index contributed by atoms with van der Waals surface area (Å²) < 4.78 is 33.0. The van der Waals surface area contributed by atoms with Gasteiger partial charge in [0, 0.05) is 43.4 Å². The summed E-state index contributed by atoms with van der Waals surface area (Å²) in [4.78, 5) is 25.3. The molecule has 0 spiro atoms. The summed E-state index contributed by atoms with van der Waals surface area (Å²) in [5.74, 6) is -1.20. The molecule has 35 heavy (non-hydrogen) atoms. The van der Waals surface area contributed by atoms with Gasteiger partial charge in [0.1, 0.15) is 0 Å². The number of fused-ring (bicyclic) bond motifs is 1. The van der Waals surface area contributed by atoms with Crippen LogP contribution in [0.15, 0.2) is 90.0 Å². The fourth-order valence-corrected chi connectivity index (χ4v) is 4.62. The first-order chi connectivity index (χ1) is 16.8. The number of hydrogen-bond acceptors (Lipinski definition) is 5. The Kier molecular flexibility index (Phi) is 6.99. The van der Waals surface area contributed by atoms with Gasteiger partial charge in [0.25, 0.3) is 5.91 Å². The lowest BCUT2D eigenvalue weighted by Gasteiger charge is -2.12. The molecule has 1 aromatic heterocycles. The zero-order valence-electron chi connectivity index (χ0n) is 19.3. The van der Waals surface area contributed by atoms with Crippen LogP contribution in [0, 0.1) is 0 Å². The summed E-state index contributed by atoms with van der Waals surface area (Å²) in [6.07, 6.45) is 1.73. The van der Waals surface area contributed by atoms with Crippen molar-refractivity contribution in [3.05, 3.63) is 96.2 Å². The van der Waals surface area contributed by atoms with Crippen LogP contribution in [0.4, 0.5) is 5.69 Å². The molecular weight excluding hydrogens is 466 g/mol. The van der Waals surface area contributed by atoms with E-state index in [0.717, 1.165) is 20.8 Å². The molecule has 4 rings (SSSR count). The summed E-state index contributed by atoms with van der Waals surface area (Å²) in [6.45, 7) is 0.0724. The van der Waals surface area contributed by atoms with Gasteiger partial charge in [-0.1, -0.05) is 54.6 Å². The van der Waals surface area contributed by atoms with E-state index in [2.05, 4.69) is 5.32 Å². The molecule has 0 radical (unpaired) electrons. The number of sulfonamides is 1. The number of nitrogens with one attached hydrogen (secondary N) is 1. The van der Waals surface area contributed by atoms with Crippen LogP contribution < -0.4 is 5.32 Å². The molecule has 1 N–H and O–H groups in total. The lowest BCUT2D eigenvalue weighted by molar-refractivity contribution is -0.119. The maximum atomic E-state index is 12.8. The van der Waals surface area contributed by atoms with Crippen molar-refractivity contribution < 1.29 is 22.7 Å². The molecule has 9 heteroatoms. The van der Waals surface area contributed by atoms with Gasteiger partial charge in [-0.15, -0.1) is 0 Å². The minimum atomic E-state index is -3.64. The predicted molar refractivity (Wildman–Crippen MR) is 134 cm³/mol. The second-order valence-electron chi connectivity index (χ2n) is 8.11. The molecule has 0 bridgehead atoms. The number of benzene rings is 3. The van der Waals surface area contributed by atoms with Gasteiger partial charge in [-0.25, -0.2) is 17.5 Å². The Morgan fingerprint density at radius 1 is 0.943 bits per heavy atom. The fraction of sp³-hybridized carbons (Fsp3) is 0.154. The van der Waals surface area contributed by atoms with Crippen LogP contribution in [0.25, 0.3) is 10.9 Å². The quantitative estimate of drug-likeness (QED) is 0.379. The van der Waals surface area contributed by atoms with Crippen molar-refractivity contribution in [1.29, 1.82) is 0 Å². The molecule has 1 heterocycles. The molecule has 0 atom stereocenters. The molecular formula is C26H25N3O5S. The van der Waals surface area contributed by atoms with Crippen molar-refractivity contribution in [2.24, 2.45) is 0 Å². The molecule has 0 aliphatic rings. The van der Waals surface area contributed by atoms with E-state index in [1.165, 1.54) is 32.3 Å². The van der Waals surface area contributed by atoms with E-state index in [1.807, 2.05) is 59.2 Å². The normalized spacial score (nSPS) is 11.5. The highest BCUT2D eigenvalue weighted by molar-refractivity contribution is 7.89. The Labute approximate surface area is 203 Å². The van der Waals surface area contributed by atoms with Crippen LogP contribution in [0.3, 0.4) is 0 Å². The van der Waals surface area contributed by atoms with Gasteiger partial charge < -0.3 is 14.6 Å². The second-order valence-corrected chi connectivity index (χ2v) is 10.3. The highest BCUT2D eigenvalue weighted by Crippen LogP contribution is 2.23. The van der Waals surface area contributed by atoms with Gasteiger partial charge >= 0.3 is 5.97 Å². The molecule has 0 saturated carbocycles. The number of carbonyl (C=O) groups excluding carboxylic acids is 2. The highest BCUT2D eigenvalue weighted by atomic mass is 32.2. The van der Waals surface area contributed by atoms with Crippen molar-refractivity contribution >= 4 is 38.5 Å². The maximum Gasteiger partial charge on any atom is 0.340 e. The minimum absolute atomic E-state index is 0.0449. The average molecular weight is 492 g/mol. The summed E-state index contributed by atoms with van der Waals surface area (Å²) in [7, 11) is -0.789. The van der Waals surface area contributed by atoms with E-state index in [0.29, 0.717) is 12.1 Å². The van der Waals surface area contributed by atoms with E-state index < -0.39 is 28.5 Å². The molecule has 0 unspecified atom stereocenters. The number of esters is 1. The molecule has 0 aliphatic carbocycles. The highest BCUT2D eigenvalue weighted by Gasteiger charge is 2.19. The van der Waals surface area contributed by atoms with Gasteiger partial charge in [0.15, 0.2) is 6.61 Å². The number of rotatable bonds is 8. The third kappa shape index (κ3) is 5.42. The number of carbonyl (C=O) groups is 2. The molecule has 0 aliphatic heterocycles. The summed E-state index contributed by atoms with van der Waals surface area (Å²) in [6, 6.07) is 23.3. The predicted octanol–water partition coefficient (Wildman–Crippen LogP) is 3.74. The van der Waals surface area contributed by atoms with Crippen molar-refractivity contribution in [2.45, 2.75) is 11.4 Å². The molecule has 3 aromatic carbocycles. The number of nitrogens with zero attached hydrogens (tertiary/aromatic N) is 2. The molecule has 1 amide bonds. The standard InChI is InChI=1S/C26H25N3O5S/c1-28(2)35(32,33)21-12-8-11-20(15-21)27-25(30)18-34-26(31)23-17-29(16-19-9-4-3-5-10-19)24-14-7-6-13-22(23)24/h3-15,17H,16,18H2,1-2H3,(H,27,30). The first-order valence-corrected chi connectivity index (χ1v) is 12.3. The Bertz CT molecular complexity index is 1480. The number of aromatic nitrogens is 1. The van der Waals surface area contributed by atoms with E-state index in [4.69, 9.17) is 4.74 Å². The molecule has 180 valence electrons. The van der Waals surface area contributed by atoms with Crippen molar-refractivity contribution in [3.63, 3.8) is 0 Å². The SMILES string of the molecule is CN(C)S(=O)(=O)c1cccc(NC(=O)COC(=O)c2cn(Cc3ccccc3)c3ccccc23)c1. The zero-order valence-corrected chi connectivity index (χ0v) is 20.2. The van der Waals surface area contributed by atoms with E-state index in [9.17, 15) is 18.0 Å². The smallest absolute Gasteiger partial charge is 0.340 e. The summed E-state index contributed by atoms with van der Waals surface area (Å²) in [5, 5.41) is 3.30. The molecule has 8 nitrogen and oxygen atoms in total. The van der Waals surface area contributed by atoms with Crippen LogP contribution in [0.2, 0.25) is 0 Å². The zero-order chi connectivity index (χ0) is 25.0. The van der Waals surface area contributed by atoms with Crippen LogP contribution in [0.1, 0.15) is 15.9 Å². The van der Waals surface area contributed by atoms with Gasteiger partial charge in [-0.05, 0) is 29.8 Å². The minimum Gasteiger partial charge on any atom is -0.452 e. The Morgan fingerprint density at radius 3 is 2.40 bits per heavy atom. The summed E-state index contributed by atoms with van der Waals surface area (Å²) in [5.41, 5.74) is 2.62. The third-order valence-corrected chi connectivity index (χ3v) is 7.25. The van der Waals surface area contributed by atoms with Crippen LogP contribution in [-0.4, -0.2) is 49.9 Å². The molecule has 4 aromatic rings. The number of hydrogen-bond donors (Lipinski definition) is 1. The van der Waals surface area contributed by atoms with Crippen molar-refractivity contribution in [3.8, 4) is 0 Å². The average Bonchev–Trinajstić information content (AvgIpc) is 3.22. The van der Waals surface area contributed by atoms with Crippen molar-refractivity contribution in [1.82, 2.24) is 8.87 Å². The van der Waals surface area contributed by atoms with E-state index in [-0.39, 0.29) is 10.6 Å². The number of amides is 1. The molecule has 0 saturated heterocycles. The number of para-hydroxylation sites is 1. The first-order valence-electron chi connectivity index (χ1n) is 10.9. The molecule has 0 fully saturated rings. The Hall–Kier alpha value is -3.95. The largest absolute Gasteiger partial charge is 0.452 e. The second kappa shape index (κ2) is 10.1. The van der Waals surface area contributed by atoms with Crippen LogP contribution >= 0.6 is 0 Å². The first kappa shape index (κ1) is 24.2. The maximum absolute atomic E-state index is 12.8. The van der Waals surface area contributed by atoms with E-state index >= 15 is 0 Å². The Balaban J connectivity index is 1.45. The monoisotopic (exact) mass is 491 g/mol. The van der Waals surface area contributed by atoms with E-state index in [1.54, 1.807) is 12.3 Å². The van der Waals surface area contributed by atoms with Gasteiger partial charge in [0.05, 0.1) is 10.5 Å². The number of anilines is 1. The lowest BCUT2D eigenvalue weighted by atomic mass is 10.2. The third-order valence-electron chi connectivity index (χ3n) is 5.43. The summed E-state index contributed by atoms with van der Waals surface area (Å²) >= 11 is 0. The Morgan fingerprint density at radius 2 is 1.66 bits per heavy atom. The van der Waals surface area contributed by atoms with Crippen LogP contribution in [0.5, 0.6) is 0 Å². The topological polar surface area (TPSA) is 97.7 Å². The van der Waals surface area contributed by atoms with Gasteiger partial charge in [-0.3, -0.25) is 4.79 Å². The number of ether oxygens (including phenoxy) is 1. The van der Waals surface area contributed by atoms with Crippen molar-refractivity contribution in [2.75, 3.05) is 26.0 Å². The van der Waals surface area contributed by atoms with Crippen LogP contribution in [-0.2, 0) is 26.1 Å².